The summed E-state index contributed by atoms with van der Waals surface area (Å²) < 4.78 is 16.2. The van der Waals surface area contributed by atoms with Gasteiger partial charge in [0.1, 0.15) is 29.6 Å². The Kier molecular flexibility index (Phi) is 8.92. The molecular weight excluding hydrogens is 450 g/mol. The van der Waals surface area contributed by atoms with Gasteiger partial charge in [-0.3, -0.25) is 9.59 Å². The van der Waals surface area contributed by atoms with Crippen molar-refractivity contribution < 1.29 is 28.6 Å². The molecule has 0 saturated carbocycles. The second kappa shape index (κ2) is 11.9. The topological polar surface area (TPSA) is 115 Å². The first kappa shape index (κ1) is 26.3. The van der Waals surface area contributed by atoms with E-state index in [1.807, 2.05) is 18.2 Å². The molecule has 3 N–H and O–H groups in total. The lowest BCUT2D eigenvalue weighted by Crippen LogP contribution is -2.52. The van der Waals surface area contributed by atoms with Gasteiger partial charge in [-0.05, 0) is 62.9 Å². The van der Waals surface area contributed by atoms with Crippen molar-refractivity contribution in [3.05, 3.63) is 47.2 Å². The van der Waals surface area contributed by atoms with Crippen molar-refractivity contribution in [3.8, 4) is 5.75 Å². The Morgan fingerprint density at radius 3 is 2.49 bits per heavy atom. The minimum atomic E-state index is -0.846. The molecule has 3 rings (SSSR count). The van der Waals surface area contributed by atoms with Crippen LogP contribution in [0, 0.1) is 5.92 Å². The second-order valence-corrected chi connectivity index (χ2v) is 8.78. The zero-order chi connectivity index (χ0) is 25.5. The van der Waals surface area contributed by atoms with Crippen LogP contribution in [0.4, 0.5) is 0 Å². The van der Waals surface area contributed by atoms with Crippen molar-refractivity contribution in [2.75, 3.05) is 28.4 Å². The fraction of sp³-hybridized carbons (Fsp3) is 0.500. The van der Waals surface area contributed by atoms with Gasteiger partial charge >= 0.3 is 5.97 Å². The van der Waals surface area contributed by atoms with Gasteiger partial charge in [0, 0.05) is 11.1 Å². The third kappa shape index (κ3) is 6.03. The SMILES string of the molecule is CN[C@@H]1C(=O)N[C@@H](C)C(=O)N[C@H](C(=O)OC)CCCC2C=C(C(OC)=CC2)c2cc1ccc2OC. The van der Waals surface area contributed by atoms with Crippen molar-refractivity contribution in [2.24, 2.45) is 5.92 Å². The number of carbonyl (C=O) groups excluding carboxylic acids is 3. The summed E-state index contributed by atoms with van der Waals surface area (Å²) in [6, 6.07) is 3.23. The zero-order valence-corrected chi connectivity index (χ0v) is 21.0. The van der Waals surface area contributed by atoms with Crippen LogP contribution in [-0.4, -0.2) is 58.2 Å². The summed E-state index contributed by atoms with van der Waals surface area (Å²) in [5.41, 5.74) is 2.43. The van der Waals surface area contributed by atoms with Gasteiger partial charge in [-0.1, -0.05) is 18.6 Å². The highest BCUT2D eigenvalue weighted by molar-refractivity contribution is 5.92. The van der Waals surface area contributed by atoms with Gasteiger partial charge in [0.25, 0.3) is 0 Å². The number of hydrogen-bond donors (Lipinski definition) is 3. The molecule has 2 amide bonds. The van der Waals surface area contributed by atoms with E-state index in [4.69, 9.17) is 14.2 Å². The summed E-state index contributed by atoms with van der Waals surface area (Å²) in [5, 5.41) is 8.51. The first-order valence-corrected chi connectivity index (χ1v) is 11.8. The van der Waals surface area contributed by atoms with E-state index in [-0.39, 0.29) is 11.8 Å². The lowest BCUT2D eigenvalue weighted by atomic mass is 9.86. The van der Waals surface area contributed by atoms with Gasteiger partial charge in [-0.2, -0.15) is 0 Å². The highest BCUT2D eigenvalue weighted by Crippen LogP contribution is 2.38. The maximum atomic E-state index is 13.1. The molecule has 190 valence electrons. The second-order valence-electron chi connectivity index (χ2n) is 8.78. The molecule has 1 aliphatic carbocycles. The molecule has 1 aliphatic heterocycles. The number of benzene rings is 1. The Bertz CT molecular complexity index is 1020. The molecule has 9 nitrogen and oxygen atoms in total. The largest absolute Gasteiger partial charge is 0.496 e. The molecule has 1 heterocycles. The molecular formula is C26H35N3O6. The molecule has 0 radical (unpaired) electrons. The van der Waals surface area contributed by atoms with Crippen LogP contribution >= 0.6 is 0 Å². The van der Waals surface area contributed by atoms with Crippen molar-refractivity contribution in [1.29, 1.82) is 0 Å². The summed E-state index contributed by atoms with van der Waals surface area (Å²) in [6.45, 7) is 1.59. The first-order valence-electron chi connectivity index (χ1n) is 11.8. The normalized spacial score (nSPS) is 25.4. The van der Waals surface area contributed by atoms with E-state index < -0.39 is 30.0 Å². The number of carbonyl (C=O) groups is 3. The van der Waals surface area contributed by atoms with Crippen LogP contribution in [0.2, 0.25) is 0 Å². The monoisotopic (exact) mass is 485 g/mol. The quantitative estimate of drug-likeness (QED) is 0.560. The number of rotatable bonds is 4. The molecule has 0 spiro atoms. The van der Waals surface area contributed by atoms with Crippen molar-refractivity contribution >= 4 is 23.4 Å². The first-order chi connectivity index (χ1) is 16.8. The predicted octanol–water partition coefficient (Wildman–Crippen LogP) is 2.24. The Labute approximate surface area is 206 Å². The minimum absolute atomic E-state index is 0.210. The van der Waals surface area contributed by atoms with Crippen LogP contribution in [-0.2, 0) is 23.9 Å². The van der Waals surface area contributed by atoms with Crippen LogP contribution in [0.5, 0.6) is 5.75 Å². The minimum Gasteiger partial charge on any atom is -0.496 e. The average molecular weight is 486 g/mol. The van der Waals surface area contributed by atoms with E-state index >= 15 is 0 Å². The molecule has 1 aromatic rings. The van der Waals surface area contributed by atoms with Crippen molar-refractivity contribution in [1.82, 2.24) is 16.0 Å². The number of methoxy groups -OCH3 is 3. The Morgan fingerprint density at radius 1 is 1.06 bits per heavy atom. The summed E-state index contributed by atoms with van der Waals surface area (Å²) in [5.74, 6) is 0.299. The molecule has 0 saturated heterocycles. The van der Waals surface area contributed by atoms with E-state index in [1.54, 1.807) is 28.2 Å². The molecule has 2 aliphatic rings. The van der Waals surface area contributed by atoms with Crippen LogP contribution in [0.25, 0.3) is 5.57 Å². The predicted molar refractivity (Wildman–Crippen MR) is 131 cm³/mol. The molecule has 0 aromatic heterocycles. The Balaban J connectivity index is 2.07. The average Bonchev–Trinajstić information content (AvgIpc) is 2.87. The zero-order valence-electron chi connectivity index (χ0n) is 21.0. The van der Waals surface area contributed by atoms with Gasteiger partial charge in [0.2, 0.25) is 11.8 Å². The smallest absolute Gasteiger partial charge is 0.328 e. The number of likely N-dealkylation sites (N-methyl/N-ethyl adjacent to an activating group) is 1. The fourth-order valence-corrected chi connectivity index (χ4v) is 4.57. The summed E-state index contributed by atoms with van der Waals surface area (Å²) >= 11 is 0. The molecule has 1 aromatic carbocycles. The third-order valence-electron chi connectivity index (χ3n) is 6.51. The number of esters is 1. The number of fused-ring (bicyclic) bond motifs is 4. The standard InChI is InChI=1S/C26H35N3O6/c1-15-24(30)29-20(26(32)35-5)8-6-7-16-9-11-21(33-3)18(13-16)19-14-17(10-12-22(19)34-4)23(27-2)25(31)28-15/h10-16,20,23,27H,6-9H2,1-5H3,(H,28,31)(H,29,30)/t15-,16?,20-,23-/m0/s1. The van der Waals surface area contributed by atoms with Crippen LogP contribution in [0.3, 0.4) is 0 Å². The van der Waals surface area contributed by atoms with Gasteiger partial charge < -0.3 is 30.2 Å². The van der Waals surface area contributed by atoms with E-state index in [1.165, 1.54) is 7.11 Å². The maximum absolute atomic E-state index is 13.1. The van der Waals surface area contributed by atoms with Gasteiger partial charge in [-0.15, -0.1) is 0 Å². The van der Waals surface area contributed by atoms with Gasteiger partial charge in [-0.25, -0.2) is 4.79 Å². The number of ether oxygens (including phenoxy) is 3. The highest BCUT2D eigenvalue weighted by Gasteiger charge is 2.29. The van der Waals surface area contributed by atoms with Crippen LogP contribution in [0.1, 0.15) is 49.8 Å². The summed E-state index contributed by atoms with van der Waals surface area (Å²) in [7, 11) is 6.22. The molecule has 35 heavy (non-hydrogen) atoms. The highest BCUT2D eigenvalue weighted by atomic mass is 16.5. The van der Waals surface area contributed by atoms with Crippen molar-refractivity contribution in [2.45, 2.75) is 50.7 Å². The number of hydrogen-bond acceptors (Lipinski definition) is 7. The van der Waals surface area contributed by atoms with Crippen LogP contribution in [0.15, 0.2) is 36.1 Å². The number of amides is 2. The molecule has 4 bridgehead atoms. The van der Waals surface area contributed by atoms with E-state index in [0.29, 0.717) is 24.2 Å². The van der Waals surface area contributed by atoms with Crippen LogP contribution < -0.4 is 20.7 Å². The van der Waals surface area contributed by atoms with Gasteiger partial charge in [0.05, 0.1) is 21.3 Å². The fourth-order valence-electron chi connectivity index (χ4n) is 4.57. The molecule has 1 unspecified atom stereocenters. The molecule has 9 heteroatoms. The van der Waals surface area contributed by atoms with E-state index in [2.05, 4.69) is 28.1 Å². The number of nitrogens with one attached hydrogen (secondary N) is 3. The van der Waals surface area contributed by atoms with Gasteiger partial charge in [0.15, 0.2) is 0 Å². The third-order valence-corrected chi connectivity index (χ3v) is 6.51. The Hall–Kier alpha value is -3.33. The maximum Gasteiger partial charge on any atom is 0.328 e. The Morgan fingerprint density at radius 2 is 1.83 bits per heavy atom. The summed E-state index contributed by atoms with van der Waals surface area (Å²) in [6.07, 6.45) is 6.95. The summed E-state index contributed by atoms with van der Waals surface area (Å²) in [4.78, 5) is 38.2. The molecule has 0 fully saturated rings. The number of allylic oxidation sites excluding steroid dienone is 3. The lowest BCUT2D eigenvalue weighted by Gasteiger charge is -2.26. The van der Waals surface area contributed by atoms with E-state index in [0.717, 1.165) is 29.7 Å². The lowest BCUT2D eigenvalue weighted by molar-refractivity contribution is -0.145. The van der Waals surface area contributed by atoms with Crippen molar-refractivity contribution in [3.63, 3.8) is 0 Å². The van der Waals surface area contributed by atoms with E-state index in [9.17, 15) is 14.4 Å². The molecule has 4 atom stereocenters.